The lowest BCUT2D eigenvalue weighted by molar-refractivity contribution is -0.116. The average Bonchev–Trinajstić information content (AvgIpc) is 2.71. The Morgan fingerprint density at radius 1 is 1.05 bits per heavy atom. The maximum Gasteiger partial charge on any atom is 0.300 e. The van der Waals surface area contributed by atoms with Gasteiger partial charge in [-0.15, -0.1) is 0 Å². The first kappa shape index (κ1) is 13.1. The highest BCUT2D eigenvalue weighted by molar-refractivity contribution is 6.52. The van der Waals surface area contributed by atoms with Crippen molar-refractivity contribution in [2.45, 2.75) is 63.3 Å². The molecule has 2 aliphatic heterocycles. The predicted octanol–water partition coefficient (Wildman–Crippen LogP) is 3.60. The molecule has 1 saturated carbocycles. The molecule has 21 heavy (non-hydrogen) atoms. The number of amides is 1. The van der Waals surface area contributed by atoms with Crippen molar-refractivity contribution in [3.8, 4) is 0 Å². The summed E-state index contributed by atoms with van der Waals surface area (Å²) in [6.07, 6.45) is 6.59. The van der Waals surface area contributed by atoms with E-state index in [1.807, 2.05) is 17.0 Å². The quantitative estimate of drug-likeness (QED) is 0.682. The summed E-state index contributed by atoms with van der Waals surface area (Å²) in [7, 11) is 0. The van der Waals surface area contributed by atoms with Crippen LogP contribution in [-0.4, -0.2) is 17.2 Å². The minimum atomic E-state index is -0.311. The number of carbonyl (C=O) groups excluding carboxylic acids is 2. The molecule has 3 nitrogen and oxygen atoms in total. The molecule has 1 aromatic rings. The zero-order valence-electron chi connectivity index (χ0n) is 12.7. The van der Waals surface area contributed by atoms with Crippen molar-refractivity contribution in [2.75, 3.05) is 4.90 Å². The molecule has 0 atom stereocenters. The van der Waals surface area contributed by atoms with Crippen molar-refractivity contribution in [3.63, 3.8) is 0 Å². The zero-order chi connectivity index (χ0) is 14.8. The zero-order valence-corrected chi connectivity index (χ0v) is 12.7. The topological polar surface area (TPSA) is 37.4 Å². The number of hydrogen-bond donors (Lipinski definition) is 0. The normalized spacial score (nSPS) is 25.3. The van der Waals surface area contributed by atoms with Crippen molar-refractivity contribution in [3.05, 3.63) is 29.3 Å². The van der Waals surface area contributed by atoms with Crippen LogP contribution in [0.1, 0.15) is 68.3 Å². The fourth-order valence-corrected chi connectivity index (χ4v) is 4.89. The third-order valence-electron chi connectivity index (χ3n) is 5.66. The SMILES string of the molecule is CC1(C)CC2(CCCCC2)N2C(=O)C(=O)c3cccc1c32. The third kappa shape index (κ3) is 1.55. The van der Waals surface area contributed by atoms with Crippen LogP contribution in [0, 0.1) is 0 Å². The van der Waals surface area contributed by atoms with E-state index in [-0.39, 0.29) is 22.6 Å². The molecule has 1 aliphatic carbocycles. The summed E-state index contributed by atoms with van der Waals surface area (Å²) in [5, 5.41) is 0. The first-order valence-electron chi connectivity index (χ1n) is 7.99. The Kier molecular flexibility index (Phi) is 2.46. The summed E-state index contributed by atoms with van der Waals surface area (Å²) < 4.78 is 0. The molecule has 0 N–H and O–H groups in total. The average molecular weight is 283 g/mol. The number of nitrogens with zero attached hydrogens (tertiary/aromatic N) is 1. The standard InChI is InChI=1S/C18H21NO2/c1-17(2)11-18(9-4-3-5-10-18)19-14-12(15(20)16(19)21)7-6-8-13(14)17/h6-8H,3-5,9-11H2,1-2H3. The molecule has 3 heteroatoms. The van der Waals surface area contributed by atoms with Crippen LogP contribution in [0.5, 0.6) is 0 Å². The second kappa shape index (κ2) is 3.96. The highest BCUT2D eigenvalue weighted by atomic mass is 16.2. The molecular weight excluding hydrogens is 262 g/mol. The fourth-order valence-electron chi connectivity index (χ4n) is 4.89. The number of rotatable bonds is 0. The Morgan fingerprint density at radius 2 is 1.76 bits per heavy atom. The number of para-hydroxylation sites is 1. The van der Waals surface area contributed by atoms with Crippen molar-refractivity contribution in [2.24, 2.45) is 0 Å². The molecule has 1 fully saturated rings. The van der Waals surface area contributed by atoms with Gasteiger partial charge < -0.3 is 0 Å². The number of fused-ring (bicyclic) bond motifs is 1. The molecule has 0 radical (unpaired) electrons. The molecule has 1 amide bonds. The molecule has 110 valence electrons. The van der Waals surface area contributed by atoms with Crippen molar-refractivity contribution < 1.29 is 9.59 Å². The van der Waals surface area contributed by atoms with Crippen LogP contribution in [0.2, 0.25) is 0 Å². The molecule has 3 aliphatic rings. The second-order valence-corrected chi connectivity index (χ2v) is 7.52. The first-order chi connectivity index (χ1) is 9.96. The van der Waals surface area contributed by atoms with Crippen molar-refractivity contribution >= 4 is 17.4 Å². The summed E-state index contributed by atoms with van der Waals surface area (Å²) in [5.74, 6) is -0.607. The fraction of sp³-hybridized carbons (Fsp3) is 0.556. The number of hydrogen-bond acceptors (Lipinski definition) is 2. The van der Waals surface area contributed by atoms with Gasteiger partial charge in [-0.1, -0.05) is 45.2 Å². The van der Waals surface area contributed by atoms with Crippen molar-refractivity contribution in [1.29, 1.82) is 0 Å². The van der Waals surface area contributed by atoms with E-state index >= 15 is 0 Å². The lowest BCUT2D eigenvalue weighted by Crippen LogP contribution is -2.58. The van der Waals surface area contributed by atoms with E-state index in [1.165, 1.54) is 6.42 Å². The number of Topliss-reactive ketones (excluding diaryl/α,β-unsaturated/α-hetero) is 1. The maximum absolute atomic E-state index is 12.6. The molecule has 0 bridgehead atoms. The number of anilines is 1. The molecule has 1 aromatic carbocycles. The van der Waals surface area contributed by atoms with Gasteiger partial charge >= 0.3 is 0 Å². The largest absolute Gasteiger partial charge is 0.300 e. The Morgan fingerprint density at radius 3 is 2.48 bits per heavy atom. The Labute approximate surface area is 125 Å². The minimum absolute atomic E-state index is 0.0179. The third-order valence-corrected chi connectivity index (χ3v) is 5.66. The summed E-state index contributed by atoms with van der Waals surface area (Å²) in [6, 6.07) is 5.83. The monoisotopic (exact) mass is 283 g/mol. The van der Waals surface area contributed by atoms with Gasteiger partial charge in [-0.2, -0.15) is 0 Å². The van der Waals surface area contributed by atoms with Crippen LogP contribution in [0.25, 0.3) is 0 Å². The molecule has 0 unspecified atom stereocenters. The Hall–Kier alpha value is -1.64. The number of benzene rings is 1. The van der Waals surface area contributed by atoms with E-state index < -0.39 is 0 Å². The van der Waals surface area contributed by atoms with Crippen molar-refractivity contribution in [1.82, 2.24) is 0 Å². The Bertz CT molecular complexity index is 653. The van der Waals surface area contributed by atoms with Gasteiger partial charge in [0.05, 0.1) is 11.3 Å². The van der Waals surface area contributed by atoms with Crippen LogP contribution in [-0.2, 0) is 10.2 Å². The second-order valence-electron chi connectivity index (χ2n) is 7.52. The highest BCUT2D eigenvalue weighted by Gasteiger charge is 2.55. The van der Waals surface area contributed by atoms with Gasteiger partial charge in [0.25, 0.3) is 11.7 Å². The number of ketones is 1. The minimum Gasteiger partial charge on any atom is -0.298 e. The van der Waals surface area contributed by atoms with E-state index in [9.17, 15) is 9.59 Å². The van der Waals surface area contributed by atoms with Gasteiger partial charge in [-0.3, -0.25) is 14.5 Å². The van der Waals surface area contributed by atoms with Gasteiger partial charge in [0.2, 0.25) is 0 Å². The van der Waals surface area contributed by atoms with Gasteiger partial charge in [0.1, 0.15) is 0 Å². The van der Waals surface area contributed by atoms with Gasteiger partial charge in [-0.25, -0.2) is 0 Å². The van der Waals surface area contributed by atoms with E-state index in [0.717, 1.165) is 43.4 Å². The molecule has 0 saturated heterocycles. The maximum atomic E-state index is 12.6. The van der Waals surface area contributed by atoms with E-state index in [2.05, 4.69) is 19.9 Å². The summed E-state index contributed by atoms with van der Waals surface area (Å²) in [5.41, 5.74) is 2.59. The first-order valence-corrected chi connectivity index (χ1v) is 7.99. The van der Waals surface area contributed by atoms with E-state index in [4.69, 9.17) is 0 Å². The highest BCUT2D eigenvalue weighted by Crippen LogP contribution is 2.55. The summed E-state index contributed by atoms with van der Waals surface area (Å²) >= 11 is 0. The van der Waals surface area contributed by atoms with Crippen LogP contribution >= 0.6 is 0 Å². The van der Waals surface area contributed by atoms with Crippen LogP contribution in [0.3, 0.4) is 0 Å². The van der Waals surface area contributed by atoms with E-state index in [0.29, 0.717) is 5.56 Å². The molecule has 2 heterocycles. The summed E-state index contributed by atoms with van der Waals surface area (Å²) in [6.45, 7) is 4.51. The molecule has 1 spiro atoms. The van der Waals surface area contributed by atoms with Gasteiger partial charge in [0.15, 0.2) is 0 Å². The molecule has 4 rings (SSSR count). The Balaban J connectivity index is 1.99. The van der Waals surface area contributed by atoms with Gasteiger partial charge in [-0.05, 0) is 36.3 Å². The smallest absolute Gasteiger partial charge is 0.298 e. The molecular formula is C18H21NO2. The predicted molar refractivity (Wildman–Crippen MR) is 81.7 cm³/mol. The number of carbonyl (C=O) groups is 2. The lowest BCUT2D eigenvalue weighted by Gasteiger charge is -2.53. The van der Waals surface area contributed by atoms with Crippen LogP contribution < -0.4 is 4.90 Å². The summed E-state index contributed by atoms with van der Waals surface area (Å²) in [4.78, 5) is 26.9. The van der Waals surface area contributed by atoms with Crippen LogP contribution in [0.15, 0.2) is 18.2 Å². The van der Waals surface area contributed by atoms with Crippen LogP contribution in [0.4, 0.5) is 5.69 Å². The lowest BCUT2D eigenvalue weighted by atomic mass is 9.64. The van der Waals surface area contributed by atoms with Gasteiger partial charge in [0, 0.05) is 5.54 Å². The molecule has 0 aromatic heterocycles. The van der Waals surface area contributed by atoms with E-state index in [1.54, 1.807) is 0 Å².